The van der Waals surface area contributed by atoms with Gasteiger partial charge in [0.2, 0.25) is 0 Å². The molecule has 0 aliphatic carbocycles. The summed E-state index contributed by atoms with van der Waals surface area (Å²) in [5, 5.41) is 3.24. The van der Waals surface area contributed by atoms with Crippen LogP contribution in [0.25, 0.3) is 0 Å². The van der Waals surface area contributed by atoms with E-state index in [0.29, 0.717) is 6.04 Å². The summed E-state index contributed by atoms with van der Waals surface area (Å²) in [5.74, 6) is -0.188. The zero-order chi connectivity index (χ0) is 15.6. The van der Waals surface area contributed by atoms with Crippen LogP contribution in [0, 0.1) is 0 Å². The first-order valence-electron chi connectivity index (χ1n) is 7.47. The molecule has 0 bridgehead atoms. The lowest BCUT2D eigenvalue weighted by molar-refractivity contribution is -0.148. The quantitative estimate of drug-likeness (QED) is 0.586. The molecule has 5 heteroatoms. The van der Waals surface area contributed by atoms with Gasteiger partial charge in [0.1, 0.15) is 5.54 Å². The molecular weight excluding hydrogens is 256 g/mol. The van der Waals surface area contributed by atoms with Gasteiger partial charge in [-0.1, -0.05) is 6.92 Å². The van der Waals surface area contributed by atoms with E-state index in [1.165, 1.54) is 7.11 Å². The number of methoxy groups -OCH3 is 2. The minimum absolute atomic E-state index is 0.188. The second kappa shape index (κ2) is 10.1. The molecule has 0 spiro atoms. The van der Waals surface area contributed by atoms with Crippen molar-refractivity contribution >= 4 is 5.97 Å². The molecule has 0 radical (unpaired) electrons. The molecule has 0 aromatic heterocycles. The van der Waals surface area contributed by atoms with Gasteiger partial charge in [-0.2, -0.15) is 0 Å². The van der Waals surface area contributed by atoms with Gasteiger partial charge in [0, 0.05) is 19.7 Å². The van der Waals surface area contributed by atoms with Crippen molar-refractivity contribution in [2.75, 3.05) is 40.5 Å². The summed E-state index contributed by atoms with van der Waals surface area (Å²) < 4.78 is 10.0. The highest BCUT2D eigenvalue weighted by atomic mass is 16.5. The maximum absolute atomic E-state index is 11.9. The van der Waals surface area contributed by atoms with Crippen LogP contribution in [0.4, 0.5) is 0 Å². The van der Waals surface area contributed by atoms with Gasteiger partial charge in [-0.3, -0.25) is 9.69 Å². The molecule has 1 unspecified atom stereocenters. The number of nitrogens with one attached hydrogen (secondary N) is 1. The standard InChI is InChI=1S/C15H32N2O3/c1-7-16-15(4,14(18)20-6)9-8-10-17(13(2)3)11-12-19-5/h13,16H,7-12H2,1-6H3. The monoisotopic (exact) mass is 288 g/mol. The van der Waals surface area contributed by atoms with Crippen LogP contribution in [0.15, 0.2) is 0 Å². The predicted octanol–water partition coefficient (Wildman–Crippen LogP) is 1.66. The predicted molar refractivity (Wildman–Crippen MR) is 81.9 cm³/mol. The lowest BCUT2D eigenvalue weighted by Crippen LogP contribution is -2.50. The van der Waals surface area contributed by atoms with Crippen LogP contribution in [0.5, 0.6) is 0 Å². The van der Waals surface area contributed by atoms with E-state index in [1.54, 1.807) is 7.11 Å². The Labute approximate surface area is 124 Å². The number of likely N-dealkylation sites (N-methyl/N-ethyl adjacent to an activating group) is 1. The van der Waals surface area contributed by atoms with Crippen LogP contribution in [-0.4, -0.2) is 62.9 Å². The van der Waals surface area contributed by atoms with Crippen molar-refractivity contribution in [2.24, 2.45) is 0 Å². The lowest BCUT2D eigenvalue weighted by atomic mass is 9.95. The summed E-state index contributed by atoms with van der Waals surface area (Å²) in [6, 6.07) is 0.480. The Kier molecular flexibility index (Phi) is 9.80. The Morgan fingerprint density at radius 1 is 1.30 bits per heavy atom. The highest BCUT2D eigenvalue weighted by Gasteiger charge is 2.32. The van der Waals surface area contributed by atoms with Gasteiger partial charge in [0.15, 0.2) is 0 Å². The number of hydrogen-bond donors (Lipinski definition) is 1. The zero-order valence-electron chi connectivity index (χ0n) is 14.0. The molecule has 1 atom stereocenters. The van der Waals surface area contributed by atoms with Crippen LogP contribution in [0.1, 0.15) is 40.5 Å². The van der Waals surface area contributed by atoms with Gasteiger partial charge in [-0.15, -0.1) is 0 Å². The SMILES string of the molecule is CCNC(C)(CCCN(CCOC)C(C)C)C(=O)OC. The molecule has 0 aromatic rings. The number of nitrogens with zero attached hydrogens (tertiary/aromatic N) is 1. The maximum atomic E-state index is 11.9. The summed E-state index contributed by atoms with van der Waals surface area (Å²) in [6.07, 6.45) is 1.71. The van der Waals surface area contributed by atoms with Gasteiger partial charge in [0.25, 0.3) is 0 Å². The number of ether oxygens (including phenoxy) is 2. The van der Waals surface area contributed by atoms with E-state index in [4.69, 9.17) is 9.47 Å². The Morgan fingerprint density at radius 3 is 2.40 bits per heavy atom. The Morgan fingerprint density at radius 2 is 1.95 bits per heavy atom. The number of carbonyl (C=O) groups excluding carboxylic acids is 1. The first-order chi connectivity index (χ1) is 9.41. The number of carbonyl (C=O) groups is 1. The molecule has 0 saturated heterocycles. The van der Waals surface area contributed by atoms with Crippen LogP contribution < -0.4 is 5.32 Å². The fourth-order valence-corrected chi connectivity index (χ4v) is 2.35. The third-order valence-electron chi connectivity index (χ3n) is 3.64. The van der Waals surface area contributed by atoms with E-state index in [9.17, 15) is 4.79 Å². The number of hydrogen-bond acceptors (Lipinski definition) is 5. The van der Waals surface area contributed by atoms with E-state index in [-0.39, 0.29) is 5.97 Å². The molecule has 0 amide bonds. The van der Waals surface area contributed by atoms with E-state index in [0.717, 1.165) is 39.1 Å². The Hall–Kier alpha value is -0.650. The first-order valence-corrected chi connectivity index (χ1v) is 7.47. The van der Waals surface area contributed by atoms with E-state index in [1.807, 2.05) is 13.8 Å². The van der Waals surface area contributed by atoms with Crippen LogP contribution in [-0.2, 0) is 14.3 Å². The first kappa shape index (κ1) is 19.4. The van der Waals surface area contributed by atoms with Gasteiger partial charge in [-0.05, 0) is 46.7 Å². The fraction of sp³-hybridized carbons (Fsp3) is 0.933. The maximum Gasteiger partial charge on any atom is 0.325 e. The lowest BCUT2D eigenvalue weighted by Gasteiger charge is -2.30. The van der Waals surface area contributed by atoms with Crippen LogP contribution >= 0.6 is 0 Å². The van der Waals surface area contributed by atoms with Crippen molar-refractivity contribution in [2.45, 2.75) is 52.1 Å². The molecule has 0 saturated carbocycles. The molecule has 0 aliphatic rings. The largest absolute Gasteiger partial charge is 0.468 e. The average Bonchev–Trinajstić information content (AvgIpc) is 2.41. The molecule has 0 aromatic carbocycles. The molecule has 0 heterocycles. The van der Waals surface area contributed by atoms with Crippen molar-refractivity contribution in [1.82, 2.24) is 10.2 Å². The average molecular weight is 288 g/mol. The fourth-order valence-electron chi connectivity index (χ4n) is 2.35. The molecule has 1 N–H and O–H groups in total. The Bertz CT molecular complexity index is 272. The van der Waals surface area contributed by atoms with E-state index < -0.39 is 5.54 Å². The number of esters is 1. The molecule has 0 aliphatic heterocycles. The van der Waals surface area contributed by atoms with Gasteiger partial charge in [-0.25, -0.2) is 0 Å². The van der Waals surface area contributed by atoms with Crippen LogP contribution in [0.2, 0.25) is 0 Å². The highest BCUT2D eigenvalue weighted by molar-refractivity contribution is 5.80. The Balaban J connectivity index is 4.36. The third-order valence-corrected chi connectivity index (χ3v) is 3.64. The van der Waals surface area contributed by atoms with Crippen molar-refractivity contribution in [3.8, 4) is 0 Å². The number of rotatable bonds is 11. The molecule has 120 valence electrons. The molecule has 20 heavy (non-hydrogen) atoms. The smallest absolute Gasteiger partial charge is 0.325 e. The summed E-state index contributed by atoms with van der Waals surface area (Å²) in [7, 11) is 3.16. The van der Waals surface area contributed by atoms with Gasteiger partial charge >= 0.3 is 5.97 Å². The van der Waals surface area contributed by atoms with Crippen molar-refractivity contribution < 1.29 is 14.3 Å². The third kappa shape index (κ3) is 6.68. The second-order valence-corrected chi connectivity index (χ2v) is 5.58. The van der Waals surface area contributed by atoms with E-state index in [2.05, 4.69) is 24.1 Å². The van der Waals surface area contributed by atoms with E-state index >= 15 is 0 Å². The summed E-state index contributed by atoms with van der Waals surface area (Å²) in [6.45, 7) is 11.6. The minimum Gasteiger partial charge on any atom is -0.468 e. The summed E-state index contributed by atoms with van der Waals surface area (Å²) in [4.78, 5) is 14.3. The molecule has 0 fully saturated rings. The van der Waals surface area contributed by atoms with Gasteiger partial charge < -0.3 is 14.8 Å². The van der Waals surface area contributed by atoms with Crippen molar-refractivity contribution in [1.29, 1.82) is 0 Å². The van der Waals surface area contributed by atoms with Crippen molar-refractivity contribution in [3.05, 3.63) is 0 Å². The normalized spacial score (nSPS) is 14.6. The van der Waals surface area contributed by atoms with Gasteiger partial charge in [0.05, 0.1) is 13.7 Å². The highest BCUT2D eigenvalue weighted by Crippen LogP contribution is 2.15. The summed E-state index contributed by atoms with van der Waals surface area (Å²) >= 11 is 0. The zero-order valence-corrected chi connectivity index (χ0v) is 14.0. The minimum atomic E-state index is -0.590. The molecule has 0 rings (SSSR count). The summed E-state index contributed by atoms with van der Waals surface area (Å²) in [5.41, 5.74) is -0.590. The van der Waals surface area contributed by atoms with Crippen LogP contribution in [0.3, 0.4) is 0 Å². The van der Waals surface area contributed by atoms with Crippen molar-refractivity contribution in [3.63, 3.8) is 0 Å². The second-order valence-electron chi connectivity index (χ2n) is 5.58. The molecule has 5 nitrogen and oxygen atoms in total. The topological polar surface area (TPSA) is 50.8 Å². The molecular formula is C15H32N2O3.